The Morgan fingerprint density at radius 3 is 2.53 bits per heavy atom. The first-order valence-electron chi connectivity index (χ1n) is 6.71. The maximum atomic E-state index is 5.96. The van der Waals surface area contributed by atoms with Crippen LogP contribution in [0.2, 0.25) is 0 Å². The molecule has 0 unspecified atom stereocenters. The van der Waals surface area contributed by atoms with Crippen LogP contribution >= 0.6 is 0 Å². The third kappa shape index (κ3) is 3.88. The molecule has 1 fully saturated rings. The van der Waals surface area contributed by atoms with Gasteiger partial charge in [0.1, 0.15) is 5.84 Å². The van der Waals surface area contributed by atoms with Gasteiger partial charge >= 0.3 is 0 Å². The van der Waals surface area contributed by atoms with E-state index in [-0.39, 0.29) is 0 Å². The second-order valence-electron chi connectivity index (χ2n) is 4.93. The summed E-state index contributed by atoms with van der Waals surface area (Å²) in [7, 11) is 0. The summed E-state index contributed by atoms with van der Waals surface area (Å²) in [5.41, 5.74) is 7.00. The molecule has 0 atom stereocenters. The second kappa shape index (κ2) is 6.43. The fourth-order valence-electron chi connectivity index (χ4n) is 2.54. The molecule has 2 N–H and O–H groups in total. The smallest absolute Gasteiger partial charge is 0.125 e. The molecular formula is C15H22N2. The number of benzene rings is 1. The summed E-state index contributed by atoms with van der Waals surface area (Å²) in [4.78, 5) is 4.48. The fourth-order valence-corrected chi connectivity index (χ4v) is 2.54. The van der Waals surface area contributed by atoms with Gasteiger partial charge in [-0.05, 0) is 12.3 Å². The standard InChI is InChI=1S/C15H22N2/c16-15(14-9-5-2-6-10-14)17-12-11-13-7-3-1-4-8-13/h2,5-6,9-10,13H,1,3-4,7-8,11-12H2,(H2,16,17). The average Bonchev–Trinajstić information content (AvgIpc) is 2.41. The number of nitrogens with two attached hydrogens (primary N) is 1. The molecule has 0 saturated heterocycles. The Morgan fingerprint density at radius 1 is 1.12 bits per heavy atom. The van der Waals surface area contributed by atoms with E-state index in [0.29, 0.717) is 5.84 Å². The predicted molar refractivity (Wildman–Crippen MR) is 73.2 cm³/mol. The summed E-state index contributed by atoms with van der Waals surface area (Å²) in [6.07, 6.45) is 8.21. The van der Waals surface area contributed by atoms with Crippen molar-refractivity contribution in [2.45, 2.75) is 38.5 Å². The monoisotopic (exact) mass is 230 g/mol. The summed E-state index contributed by atoms with van der Waals surface area (Å²) in [6, 6.07) is 10.0. The van der Waals surface area contributed by atoms with E-state index in [4.69, 9.17) is 5.73 Å². The molecule has 0 bridgehead atoms. The number of rotatable bonds is 4. The van der Waals surface area contributed by atoms with Crippen LogP contribution in [-0.2, 0) is 0 Å². The minimum atomic E-state index is 0.682. The molecule has 1 aromatic carbocycles. The summed E-state index contributed by atoms with van der Waals surface area (Å²) < 4.78 is 0. The fraction of sp³-hybridized carbons (Fsp3) is 0.533. The van der Waals surface area contributed by atoms with Crippen LogP contribution in [0.1, 0.15) is 44.1 Å². The van der Waals surface area contributed by atoms with Crippen LogP contribution in [0.5, 0.6) is 0 Å². The Kier molecular flexibility index (Phi) is 4.60. The zero-order valence-corrected chi connectivity index (χ0v) is 10.4. The van der Waals surface area contributed by atoms with Gasteiger partial charge in [-0.15, -0.1) is 0 Å². The van der Waals surface area contributed by atoms with E-state index in [1.54, 1.807) is 0 Å². The van der Waals surface area contributed by atoms with E-state index < -0.39 is 0 Å². The molecule has 0 spiro atoms. The van der Waals surface area contributed by atoms with Gasteiger partial charge in [0.25, 0.3) is 0 Å². The van der Waals surface area contributed by atoms with Crippen LogP contribution in [0.4, 0.5) is 0 Å². The van der Waals surface area contributed by atoms with Crippen LogP contribution in [0, 0.1) is 5.92 Å². The molecular weight excluding hydrogens is 208 g/mol. The Hall–Kier alpha value is -1.31. The first-order valence-corrected chi connectivity index (χ1v) is 6.71. The van der Waals surface area contributed by atoms with Gasteiger partial charge < -0.3 is 5.73 Å². The summed E-state index contributed by atoms with van der Waals surface area (Å²) >= 11 is 0. The quantitative estimate of drug-likeness (QED) is 0.625. The Labute approximate surface area is 104 Å². The van der Waals surface area contributed by atoms with Gasteiger partial charge in [0.05, 0.1) is 0 Å². The number of aliphatic imine (C=N–C) groups is 1. The minimum absolute atomic E-state index is 0.682. The molecule has 92 valence electrons. The lowest BCUT2D eigenvalue weighted by molar-refractivity contribution is 0.343. The van der Waals surface area contributed by atoms with E-state index in [9.17, 15) is 0 Å². The van der Waals surface area contributed by atoms with E-state index in [2.05, 4.69) is 4.99 Å². The Bertz CT molecular complexity index is 350. The van der Waals surface area contributed by atoms with Gasteiger partial charge in [0, 0.05) is 12.1 Å². The lowest BCUT2D eigenvalue weighted by Gasteiger charge is -2.20. The van der Waals surface area contributed by atoms with Crippen LogP contribution in [0.25, 0.3) is 0 Å². The molecule has 0 radical (unpaired) electrons. The highest BCUT2D eigenvalue weighted by atomic mass is 14.8. The molecule has 2 heteroatoms. The number of nitrogens with zero attached hydrogens (tertiary/aromatic N) is 1. The van der Waals surface area contributed by atoms with Gasteiger partial charge in [0.15, 0.2) is 0 Å². The molecule has 1 aliphatic rings. The van der Waals surface area contributed by atoms with Crippen LogP contribution in [-0.4, -0.2) is 12.4 Å². The van der Waals surface area contributed by atoms with Gasteiger partial charge in [0.2, 0.25) is 0 Å². The number of hydrogen-bond acceptors (Lipinski definition) is 1. The molecule has 17 heavy (non-hydrogen) atoms. The topological polar surface area (TPSA) is 38.4 Å². The van der Waals surface area contributed by atoms with E-state index in [1.807, 2.05) is 30.3 Å². The van der Waals surface area contributed by atoms with Crippen LogP contribution in [0.3, 0.4) is 0 Å². The number of amidine groups is 1. The van der Waals surface area contributed by atoms with Crippen molar-refractivity contribution in [1.29, 1.82) is 0 Å². The van der Waals surface area contributed by atoms with E-state index in [1.165, 1.54) is 38.5 Å². The lowest BCUT2D eigenvalue weighted by atomic mass is 9.87. The predicted octanol–water partition coefficient (Wildman–Crippen LogP) is 3.36. The first kappa shape index (κ1) is 12.2. The molecule has 0 aliphatic heterocycles. The van der Waals surface area contributed by atoms with E-state index in [0.717, 1.165) is 18.0 Å². The van der Waals surface area contributed by atoms with Crippen molar-refractivity contribution in [3.05, 3.63) is 35.9 Å². The summed E-state index contributed by atoms with van der Waals surface area (Å²) in [6.45, 7) is 0.880. The third-order valence-electron chi connectivity index (χ3n) is 3.61. The minimum Gasteiger partial charge on any atom is -0.384 e. The average molecular weight is 230 g/mol. The molecule has 1 saturated carbocycles. The lowest BCUT2D eigenvalue weighted by Crippen LogP contribution is -2.15. The molecule has 0 amide bonds. The zero-order chi connectivity index (χ0) is 11.9. The summed E-state index contributed by atoms with van der Waals surface area (Å²) in [5, 5.41) is 0. The highest BCUT2D eigenvalue weighted by Crippen LogP contribution is 2.26. The van der Waals surface area contributed by atoms with Crippen molar-refractivity contribution >= 4 is 5.84 Å². The van der Waals surface area contributed by atoms with Crippen molar-refractivity contribution < 1.29 is 0 Å². The van der Waals surface area contributed by atoms with Crippen molar-refractivity contribution in [3.8, 4) is 0 Å². The van der Waals surface area contributed by atoms with Gasteiger partial charge in [-0.25, -0.2) is 0 Å². The maximum Gasteiger partial charge on any atom is 0.125 e. The molecule has 2 rings (SSSR count). The zero-order valence-electron chi connectivity index (χ0n) is 10.4. The Balaban J connectivity index is 1.80. The second-order valence-corrected chi connectivity index (χ2v) is 4.93. The normalized spacial score (nSPS) is 18.2. The molecule has 1 aliphatic carbocycles. The van der Waals surface area contributed by atoms with Crippen molar-refractivity contribution in [3.63, 3.8) is 0 Å². The van der Waals surface area contributed by atoms with Crippen molar-refractivity contribution in [2.24, 2.45) is 16.6 Å². The molecule has 2 nitrogen and oxygen atoms in total. The third-order valence-corrected chi connectivity index (χ3v) is 3.61. The van der Waals surface area contributed by atoms with E-state index >= 15 is 0 Å². The van der Waals surface area contributed by atoms with Crippen LogP contribution < -0.4 is 5.73 Å². The molecule has 0 aromatic heterocycles. The SMILES string of the molecule is NC(=NCCC1CCCCC1)c1ccccc1. The van der Waals surface area contributed by atoms with Gasteiger partial charge in [-0.2, -0.15) is 0 Å². The highest BCUT2D eigenvalue weighted by Gasteiger charge is 2.12. The maximum absolute atomic E-state index is 5.96. The largest absolute Gasteiger partial charge is 0.384 e. The highest BCUT2D eigenvalue weighted by molar-refractivity contribution is 5.97. The molecule has 0 heterocycles. The summed E-state index contributed by atoms with van der Waals surface area (Å²) in [5.74, 6) is 1.57. The molecule has 1 aromatic rings. The van der Waals surface area contributed by atoms with Crippen LogP contribution in [0.15, 0.2) is 35.3 Å². The van der Waals surface area contributed by atoms with Crippen molar-refractivity contribution in [2.75, 3.05) is 6.54 Å². The first-order chi connectivity index (χ1) is 8.36. The van der Waals surface area contributed by atoms with Crippen molar-refractivity contribution in [1.82, 2.24) is 0 Å². The van der Waals surface area contributed by atoms with Gasteiger partial charge in [-0.3, -0.25) is 4.99 Å². The Morgan fingerprint density at radius 2 is 1.82 bits per heavy atom. The number of hydrogen-bond donors (Lipinski definition) is 1. The van der Waals surface area contributed by atoms with Gasteiger partial charge in [-0.1, -0.05) is 62.4 Å².